The van der Waals surface area contributed by atoms with Crippen LogP contribution in [0.2, 0.25) is 0 Å². The highest BCUT2D eigenvalue weighted by Crippen LogP contribution is 2.33. The summed E-state index contributed by atoms with van der Waals surface area (Å²) in [6.07, 6.45) is 0.104. The standard InChI is InChI=1S/C26H24F3N7O3/c1-2-15(14-35-11-12-39-25(35)38)23-34-20(21-22(30)32-9-10-36(21)23)16-3-5-17(6-4-16)24(37)33-19-13-18(7-8-31-19)26(27,28)29/h3-10,13,15H,2,11-12,14H2,1H3,(H2,30,32)(H,31,33,37). The molecule has 0 spiro atoms. The number of alkyl halides is 3. The predicted octanol–water partition coefficient (Wildman–Crippen LogP) is 4.59. The molecule has 0 bridgehead atoms. The van der Waals surface area contributed by atoms with E-state index in [1.165, 1.54) is 12.1 Å². The zero-order valence-corrected chi connectivity index (χ0v) is 20.8. The number of nitrogens with zero attached hydrogens (tertiary/aromatic N) is 5. The third-order valence-electron chi connectivity index (χ3n) is 6.50. The Morgan fingerprint density at radius 2 is 1.95 bits per heavy atom. The van der Waals surface area contributed by atoms with E-state index < -0.39 is 17.6 Å². The van der Waals surface area contributed by atoms with Crippen LogP contribution in [0.5, 0.6) is 0 Å². The van der Waals surface area contributed by atoms with Gasteiger partial charge in [0.15, 0.2) is 0 Å². The maximum atomic E-state index is 13.0. The Kier molecular flexibility index (Phi) is 6.81. The van der Waals surface area contributed by atoms with E-state index >= 15 is 0 Å². The van der Waals surface area contributed by atoms with Crippen molar-refractivity contribution in [1.29, 1.82) is 0 Å². The molecule has 2 amide bonds. The normalized spacial score (nSPS) is 14.5. The van der Waals surface area contributed by atoms with Crippen molar-refractivity contribution >= 4 is 29.2 Å². The first-order valence-electron chi connectivity index (χ1n) is 12.1. The molecule has 0 aliphatic carbocycles. The Bertz CT molecular complexity index is 1540. The monoisotopic (exact) mass is 539 g/mol. The number of amides is 2. The Morgan fingerprint density at radius 1 is 1.18 bits per heavy atom. The number of nitrogens with one attached hydrogen (secondary N) is 1. The van der Waals surface area contributed by atoms with E-state index in [4.69, 9.17) is 15.5 Å². The maximum Gasteiger partial charge on any atom is 0.416 e. The molecule has 10 nitrogen and oxygen atoms in total. The van der Waals surface area contributed by atoms with Crippen LogP contribution in [0.3, 0.4) is 0 Å². The number of nitrogen functional groups attached to an aromatic ring is 1. The summed E-state index contributed by atoms with van der Waals surface area (Å²) in [6.45, 7) is 3.29. The lowest BCUT2D eigenvalue weighted by Gasteiger charge is -2.20. The molecule has 39 heavy (non-hydrogen) atoms. The maximum absolute atomic E-state index is 13.0. The minimum Gasteiger partial charge on any atom is -0.448 e. The number of ether oxygens (including phenoxy) is 1. The van der Waals surface area contributed by atoms with Crippen molar-refractivity contribution in [2.24, 2.45) is 0 Å². The first-order valence-corrected chi connectivity index (χ1v) is 12.1. The van der Waals surface area contributed by atoms with Gasteiger partial charge in [-0.05, 0) is 30.7 Å². The summed E-state index contributed by atoms with van der Waals surface area (Å²) in [6, 6.07) is 8.01. The molecule has 4 heterocycles. The quantitative estimate of drug-likeness (QED) is 0.352. The first-order chi connectivity index (χ1) is 18.7. The Hall–Kier alpha value is -4.68. The second kappa shape index (κ2) is 10.2. The molecular formula is C26H24F3N7O3. The Balaban J connectivity index is 1.43. The number of hydrogen-bond acceptors (Lipinski definition) is 7. The van der Waals surface area contributed by atoms with Crippen molar-refractivity contribution in [2.45, 2.75) is 25.4 Å². The van der Waals surface area contributed by atoms with E-state index in [0.717, 1.165) is 18.3 Å². The van der Waals surface area contributed by atoms with Crippen LogP contribution in [0.25, 0.3) is 16.8 Å². The van der Waals surface area contributed by atoms with Crippen LogP contribution in [0.1, 0.15) is 41.0 Å². The summed E-state index contributed by atoms with van der Waals surface area (Å²) < 4.78 is 45.9. The van der Waals surface area contributed by atoms with E-state index in [9.17, 15) is 22.8 Å². The smallest absolute Gasteiger partial charge is 0.416 e. The molecule has 1 saturated heterocycles. The molecule has 4 aromatic rings. The van der Waals surface area contributed by atoms with Crippen LogP contribution in [-0.4, -0.2) is 55.9 Å². The predicted molar refractivity (Wildman–Crippen MR) is 136 cm³/mol. The molecule has 3 aromatic heterocycles. The minimum absolute atomic E-state index is 0.108. The summed E-state index contributed by atoms with van der Waals surface area (Å²) in [5, 5.41) is 2.39. The fourth-order valence-corrected chi connectivity index (χ4v) is 4.47. The molecule has 1 aromatic carbocycles. The van der Waals surface area contributed by atoms with E-state index in [1.807, 2.05) is 11.3 Å². The molecule has 13 heteroatoms. The molecule has 1 atom stereocenters. The van der Waals surface area contributed by atoms with Gasteiger partial charge in [0.2, 0.25) is 0 Å². The van der Waals surface area contributed by atoms with Gasteiger partial charge < -0.3 is 20.7 Å². The molecule has 0 saturated carbocycles. The molecule has 0 radical (unpaired) electrons. The van der Waals surface area contributed by atoms with Crippen molar-refractivity contribution < 1.29 is 27.5 Å². The van der Waals surface area contributed by atoms with Gasteiger partial charge in [-0.15, -0.1) is 0 Å². The molecule has 3 N–H and O–H groups in total. The second-order valence-electron chi connectivity index (χ2n) is 8.97. The largest absolute Gasteiger partial charge is 0.448 e. The lowest BCUT2D eigenvalue weighted by molar-refractivity contribution is -0.137. The summed E-state index contributed by atoms with van der Waals surface area (Å²) in [7, 11) is 0. The molecule has 1 fully saturated rings. The highest BCUT2D eigenvalue weighted by Gasteiger charge is 2.31. The number of pyridine rings is 1. The molecule has 1 aliphatic heterocycles. The van der Waals surface area contributed by atoms with Gasteiger partial charge in [-0.25, -0.2) is 19.7 Å². The van der Waals surface area contributed by atoms with Crippen LogP contribution in [0.4, 0.5) is 29.6 Å². The molecule has 1 unspecified atom stereocenters. The fraction of sp³-hybridized carbons (Fsp3) is 0.269. The number of benzene rings is 1. The number of fused-ring (bicyclic) bond motifs is 1. The zero-order chi connectivity index (χ0) is 27.7. The number of hydrogen-bond donors (Lipinski definition) is 2. The van der Waals surface area contributed by atoms with Gasteiger partial charge in [0.25, 0.3) is 5.91 Å². The van der Waals surface area contributed by atoms with Crippen LogP contribution in [0, 0.1) is 0 Å². The minimum atomic E-state index is -4.55. The van der Waals surface area contributed by atoms with Crippen molar-refractivity contribution in [1.82, 2.24) is 24.3 Å². The SMILES string of the molecule is CCC(CN1CCOC1=O)c1nc(-c2ccc(C(=O)Nc3cc(C(F)(F)F)ccn3)cc2)c2c(N)nccn12. The van der Waals surface area contributed by atoms with Gasteiger partial charge in [-0.1, -0.05) is 19.1 Å². The van der Waals surface area contributed by atoms with E-state index in [0.29, 0.717) is 48.7 Å². The number of halogens is 3. The third kappa shape index (κ3) is 5.19. The van der Waals surface area contributed by atoms with E-state index in [-0.39, 0.29) is 29.2 Å². The molecule has 1 aliphatic rings. The number of nitrogens with two attached hydrogens (primary N) is 1. The summed E-state index contributed by atoms with van der Waals surface area (Å²) >= 11 is 0. The second-order valence-corrected chi connectivity index (χ2v) is 8.97. The Labute approximate surface area is 220 Å². The van der Waals surface area contributed by atoms with Crippen LogP contribution >= 0.6 is 0 Å². The molecular weight excluding hydrogens is 515 g/mol. The van der Waals surface area contributed by atoms with Gasteiger partial charge >= 0.3 is 12.3 Å². The van der Waals surface area contributed by atoms with Crippen LogP contribution < -0.4 is 11.1 Å². The van der Waals surface area contributed by atoms with Crippen LogP contribution in [-0.2, 0) is 10.9 Å². The van der Waals surface area contributed by atoms with Gasteiger partial charge in [0.05, 0.1) is 12.1 Å². The van der Waals surface area contributed by atoms with E-state index in [1.54, 1.807) is 29.4 Å². The summed E-state index contributed by atoms with van der Waals surface area (Å²) in [4.78, 5) is 39.2. The van der Waals surface area contributed by atoms with Crippen LogP contribution in [0.15, 0.2) is 55.0 Å². The van der Waals surface area contributed by atoms with Gasteiger partial charge in [0, 0.05) is 42.2 Å². The van der Waals surface area contributed by atoms with Crippen molar-refractivity contribution in [3.8, 4) is 11.3 Å². The van der Waals surface area contributed by atoms with Crippen molar-refractivity contribution in [3.05, 3.63) is 71.9 Å². The number of imidazole rings is 1. The zero-order valence-electron chi connectivity index (χ0n) is 20.8. The fourth-order valence-electron chi connectivity index (χ4n) is 4.47. The highest BCUT2D eigenvalue weighted by atomic mass is 19.4. The number of cyclic esters (lactones) is 1. The molecule has 5 rings (SSSR count). The number of anilines is 2. The van der Waals surface area contributed by atoms with Gasteiger partial charge in [-0.2, -0.15) is 13.2 Å². The highest BCUT2D eigenvalue weighted by molar-refractivity contribution is 6.04. The summed E-state index contributed by atoms with van der Waals surface area (Å²) in [5.74, 6) is 0.0278. The number of rotatable bonds is 7. The average Bonchev–Trinajstić information content (AvgIpc) is 3.51. The Morgan fingerprint density at radius 3 is 2.62 bits per heavy atom. The number of carbonyl (C=O) groups excluding carboxylic acids is 2. The average molecular weight is 540 g/mol. The third-order valence-corrected chi connectivity index (χ3v) is 6.50. The first kappa shape index (κ1) is 25.9. The lowest BCUT2D eigenvalue weighted by atomic mass is 10.1. The topological polar surface area (TPSA) is 128 Å². The van der Waals surface area contributed by atoms with E-state index in [2.05, 4.69) is 15.3 Å². The van der Waals surface area contributed by atoms with Crippen molar-refractivity contribution in [2.75, 3.05) is 30.7 Å². The number of carbonyl (C=O) groups is 2. The van der Waals surface area contributed by atoms with Gasteiger partial charge in [0.1, 0.15) is 35.3 Å². The summed E-state index contributed by atoms with van der Waals surface area (Å²) in [5.41, 5.74) is 7.32. The van der Waals surface area contributed by atoms with Crippen molar-refractivity contribution in [3.63, 3.8) is 0 Å². The number of aromatic nitrogens is 4. The lowest BCUT2D eigenvalue weighted by Crippen LogP contribution is -2.30. The van der Waals surface area contributed by atoms with Gasteiger partial charge in [-0.3, -0.25) is 9.20 Å². The molecule has 202 valence electrons.